The van der Waals surface area contributed by atoms with E-state index in [1.165, 1.54) is 7.11 Å². The number of nitrogens with two attached hydrogens (primary N) is 1. The molecule has 0 aliphatic rings. The highest BCUT2D eigenvalue weighted by Crippen LogP contribution is 2.07. The van der Waals surface area contributed by atoms with Crippen molar-refractivity contribution in [1.29, 1.82) is 0 Å². The van der Waals surface area contributed by atoms with Gasteiger partial charge in [-0.15, -0.1) is 5.10 Å². The van der Waals surface area contributed by atoms with Crippen molar-refractivity contribution < 1.29 is 9.53 Å². The number of carbonyl (C=O) groups excluding carboxylic acids is 1. The van der Waals surface area contributed by atoms with E-state index >= 15 is 0 Å². The highest BCUT2D eigenvalue weighted by atomic mass is 32.1. The Balaban J connectivity index is 2.10. The monoisotopic (exact) mass is 276 g/mol. The summed E-state index contributed by atoms with van der Waals surface area (Å²) in [4.78, 5) is 15.4. The molecule has 2 aromatic rings. The van der Waals surface area contributed by atoms with E-state index < -0.39 is 0 Å². The van der Waals surface area contributed by atoms with Crippen LogP contribution in [-0.2, 0) is 11.3 Å². The van der Waals surface area contributed by atoms with Gasteiger partial charge in [0.25, 0.3) is 0 Å². The van der Waals surface area contributed by atoms with E-state index in [4.69, 9.17) is 18.0 Å². The van der Waals surface area contributed by atoms with Crippen LogP contribution in [0.1, 0.15) is 21.7 Å². The van der Waals surface area contributed by atoms with Crippen molar-refractivity contribution in [2.24, 2.45) is 5.73 Å². The Kier molecular flexibility index (Phi) is 3.86. The quantitative estimate of drug-likeness (QED) is 0.655. The third-order valence-electron chi connectivity index (χ3n) is 2.48. The first-order valence-corrected chi connectivity index (χ1v) is 5.87. The van der Waals surface area contributed by atoms with Gasteiger partial charge in [-0.3, -0.25) is 0 Å². The Morgan fingerprint density at radius 2 is 2.11 bits per heavy atom. The molecule has 19 heavy (non-hydrogen) atoms. The van der Waals surface area contributed by atoms with Gasteiger partial charge in [0.2, 0.25) is 5.82 Å². The molecule has 1 aromatic carbocycles. The number of benzene rings is 1. The fourth-order valence-corrected chi connectivity index (χ4v) is 1.63. The normalized spacial score (nSPS) is 10.2. The number of methoxy groups -OCH3 is 1. The molecule has 2 rings (SSSR count). The minimum atomic E-state index is -0.358. The van der Waals surface area contributed by atoms with Gasteiger partial charge < -0.3 is 10.5 Å². The van der Waals surface area contributed by atoms with Crippen LogP contribution in [0.2, 0.25) is 0 Å². The van der Waals surface area contributed by atoms with Crippen molar-refractivity contribution in [3.05, 3.63) is 47.5 Å². The fraction of sp³-hybridized carbons (Fsp3) is 0.167. The van der Waals surface area contributed by atoms with Gasteiger partial charge in [0.1, 0.15) is 11.3 Å². The zero-order valence-corrected chi connectivity index (χ0v) is 11.1. The number of hydrogen-bond donors (Lipinski definition) is 1. The molecule has 0 bridgehead atoms. The summed E-state index contributed by atoms with van der Waals surface area (Å²) >= 11 is 4.79. The molecule has 6 nitrogen and oxygen atoms in total. The average molecular weight is 276 g/mol. The van der Waals surface area contributed by atoms with E-state index in [1.54, 1.807) is 23.1 Å². The van der Waals surface area contributed by atoms with E-state index in [0.29, 0.717) is 17.9 Å². The molecule has 2 N–H and O–H groups in total. The van der Waals surface area contributed by atoms with Crippen LogP contribution in [0.25, 0.3) is 0 Å². The second kappa shape index (κ2) is 5.57. The van der Waals surface area contributed by atoms with Gasteiger partial charge in [0.05, 0.1) is 19.2 Å². The number of ether oxygens (including phenoxy) is 1. The highest BCUT2D eigenvalue weighted by Gasteiger charge is 2.06. The van der Waals surface area contributed by atoms with Crippen LogP contribution in [0.15, 0.2) is 30.6 Å². The number of esters is 1. The molecular formula is C12H12N4O2S. The summed E-state index contributed by atoms with van der Waals surface area (Å²) in [6.07, 6.45) is 1.56. The van der Waals surface area contributed by atoms with Crippen molar-refractivity contribution in [3.8, 4) is 0 Å². The van der Waals surface area contributed by atoms with Crippen LogP contribution in [0.5, 0.6) is 0 Å². The zero-order chi connectivity index (χ0) is 13.8. The molecule has 0 unspecified atom stereocenters. The minimum Gasteiger partial charge on any atom is -0.465 e. The molecular weight excluding hydrogens is 264 g/mol. The molecule has 0 saturated heterocycles. The van der Waals surface area contributed by atoms with Gasteiger partial charge in [-0.05, 0) is 17.7 Å². The Bertz CT molecular complexity index is 606. The molecule has 1 aromatic heterocycles. The standard InChI is InChI=1S/C12H12N4O2S/c1-18-12(17)9-4-2-8(3-5-9)6-16-7-14-11(15-16)10(13)19/h2-5,7H,6H2,1H3,(H2,13,19). The fourth-order valence-electron chi connectivity index (χ4n) is 1.53. The van der Waals surface area contributed by atoms with Crippen LogP contribution < -0.4 is 5.73 Å². The van der Waals surface area contributed by atoms with Crippen LogP contribution in [0.3, 0.4) is 0 Å². The SMILES string of the molecule is COC(=O)c1ccc(Cn2cnc(C(N)=S)n2)cc1. The third kappa shape index (κ3) is 3.14. The summed E-state index contributed by atoms with van der Waals surface area (Å²) in [5.74, 6) is -0.00995. The lowest BCUT2D eigenvalue weighted by Crippen LogP contribution is -2.12. The molecule has 0 fully saturated rings. The van der Waals surface area contributed by atoms with Crippen LogP contribution in [0.4, 0.5) is 0 Å². The van der Waals surface area contributed by atoms with Gasteiger partial charge in [-0.25, -0.2) is 14.5 Å². The first kappa shape index (κ1) is 13.2. The van der Waals surface area contributed by atoms with E-state index in [9.17, 15) is 4.79 Å². The topological polar surface area (TPSA) is 83.0 Å². The molecule has 1 heterocycles. The van der Waals surface area contributed by atoms with E-state index in [1.807, 2.05) is 12.1 Å². The summed E-state index contributed by atoms with van der Waals surface area (Å²) in [6.45, 7) is 0.525. The Labute approximate surface area is 115 Å². The summed E-state index contributed by atoms with van der Waals surface area (Å²) in [5.41, 5.74) is 6.92. The smallest absolute Gasteiger partial charge is 0.337 e. The number of carbonyl (C=O) groups is 1. The highest BCUT2D eigenvalue weighted by molar-refractivity contribution is 7.80. The van der Waals surface area contributed by atoms with Gasteiger partial charge in [0.15, 0.2) is 0 Å². The Hall–Kier alpha value is -2.28. The van der Waals surface area contributed by atoms with Gasteiger partial charge in [-0.2, -0.15) is 0 Å². The van der Waals surface area contributed by atoms with Crippen LogP contribution >= 0.6 is 12.2 Å². The lowest BCUT2D eigenvalue weighted by Gasteiger charge is -2.03. The second-order valence-corrected chi connectivity index (χ2v) is 4.26. The maximum Gasteiger partial charge on any atom is 0.337 e. The molecule has 0 aliphatic heterocycles. The maximum atomic E-state index is 11.3. The number of nitrogens with zero attached hydrogens (tertiary/aromatic N) is 3. The number of aromatic nitrogens is 3. The predicted octanol–water partition coefficient (Wildman–Crippen LogP) is 0.747. The summed E-state index contributed by atoms with van der Waals surface area (Å²) in [5, 5.41) is 4.13. The van der Waals surface area contributed by atoms with Crippen molar-refractivity contribution in [1.82, 2.24) is 14.8 Å². The van der Waals surface area contributed by atoms with Crippen molar-refractivity contribution in [2.75, 3.05) is 7.11 Å². The molecule has 0 atom stereocenters. The molecule has 0 amide bonds. The average Bonchev–Trinajstić information content (AvgIpc) is 2.87. The van der Waals surface area contributed by atoms with E-state index in [-0.39, 0.29) is 11.0 Å². The molecule has 7 heteroatoms. The first-order valence-electron chi connectivity index (χ1n) is 5.46. The largest absolute Gasteiger partial charge is 0.465 e. The van der Waals surface area contributed by atoms with Crippen molar-refractivity contribution in [3.63, 3.8) is 0 Å². The summed E-state index contributed by atoms with van der Waals surface area (Å²) in [6, 6.07) is 7.06. The number of rotatable bonds is 4. The van der Waals surface area contributed by atoms with Gasteiger partial charge >= 0.3 is 5.97 Å². The molecule has 0 spiro atoms. The van der Waals surface area contributed by atoms with Crippen molar-refractivity contribution >= 4 is 23.2 Å². The maximum absolute atomic E-state index is 11.3. The minimum absolute atomic E-state index is 0.166. The van der Waals surface area contributed by atoms with E-state index in [2.05, 4.69) is 14.8 Å². The molecule has 98 valence electrons. The van der Waals surface area contributed by atoms with E-state index in [0.717, 1.165) is 5.56 Å². The molecule has 0 radical (unpaired) electrons. The van der Waals surface area contributed by atoms with Crippen LogP contribution in [0, 0.1) is 0 Å². The van der Waals surface area contributed by atoms with Crippen LogP contribution in [-0.4, -0.2) is 32.8 Å². The second-order valence-electron chi connectivity index (χ2n) is 3.82. The Morgan fingerprint density at radius 1 is 1.42 bits per heavy atom. The predicted molar refractivity (Wildman–Crippen MR) is 72.8 cm³/mol. The summed E-state index contributed by atoms with van der Waals surface area (Å²) in [7, 11) is 1.35. The van der Waals surface area contributed by atoms with Gasteiger partial charge in [0, 0.05) is 0 Å². The molecule has 0 aliphatic carbocycles. The Morgan fingerprint density at radius 3 is 2.63 bits per heavy atom. The van der Waals surface area contributed by atoms with Gasteiger partial charge in [-0.1, -0.05) is 24.4 Å². The van der Waals surface area contributed by atoms with Crippen molar-refractivity contribution in [2.45, 2.75) is 6.54 Å². The number of thiocarbonyl (C=S) groups is 1. The number of hydrogen-bond acceptors (Lipinski definition) is 5. The lowest BCUT2D eigenvalue weighted by molar-refractivity contribution is 0.0600. The third-order valence-corrected chi connectivity index (χ3v) is 2.66. The first-order chi connectivity index (χ1) is 9.10. The lowest BCUT2D eigenvalue weighted by atomic mass is 10.1. The zero-order valence-electron chi connectivity index (χ0n) is 10.2. The summed E-state index contributed by atoms with van der Waals surface area (Å²) < 4.78 is 6.26. The molecule has 0 saturated carbocycles.